The van der Waals surface area contributed by atoms with E-state index in [0.717, 1.165) is 5.69 Å². The topological polar surface area (TPSA) is 133 Å². The zero-order valence-corrected chi connectivity index (χ0v) is 16.1. The number of hydrogen-bond acceptors (Lipinski definition) is 8. The summed E-state index contributed by atoms with van der Waals surface area (Å²) >= 11 is 0. The molecule has 0 aromatic carbocycles. The van der Waals surface area contributed by atoms with Gasteiger partial charge >= 0.3 is 18.1 Å². The van der Waals surface area contributed by atoms with Gasteiger partial charge in [0, 0.05) is 11.8 Å². The number of aromatic nitrogens is 6. The van der Waals surface area contributed by atoms with Gasteiger partial charge in [-0.3, -0.25) is 4.79 Å². The van der Waals surface area contributed by atoms with Gasteiger partial charge in [-0.05, 0) is 42.9 Å². The van der Waals surface area contributed by atoms with Crippen molar-refractivity contribution in [1.82, 2.24) is 30.2 Å². The first kappa shape index (κ1) is 21.4. The molecular weight excluding hydrogens is 401 g/mol. The van der Waals surface area contributed by atoms with Crippen LogP contribution in [-0.2, 0) is 20.4 Å². The Morgan fingerprint density at radius 1 is 1.32 bits per heavy atom. The van der Waals surface area contributed by atoms with Crippen LogP contribution in [-0.4, -0.2) is 61.7 Å². The number of carbonyl (C=O) groups excluding carboxylic acids is 1. The molecule has 0 saturated heterocycles. The summed E-state index contributed by atoms with van der Waals surface area (Å²) in [4.78, 5) is 29.5. The van der Waals surface area contributed by atoms with Crippen molar-refractivity contribution in [2.24, 2.45) is 0 Å². The third kappa shape index (κ3) is 5.55. The van der Waals surface area contributed by atoms with Crippen molar-refractivity contribution >= 4 is 20.3 Å². The number of hydrogen-bond donors (Lipinski definition) is 1. The highest BCUT2D eigenvalue weighted by molar-refractivity contribution is 6.71. The van der Waals surface area contributed by atoms with Gasteiger partial charge in [0.25, 0.3) is 5.95 Å². The van der Waals surface area contributed by atoms with E-state index in [1.165, 1.54) is 30.7 Å². The summed E-state index contributed by atoms with van der Waals surface area (Å²) in [5, 5.41) is 19.7. The van der Waals surface area contributed by atoms with Crippen molar-refractivity contribution in [3.63, 3.8) is 0 Å². The third-order valence-corrected chi connectivity index (χ3v) is 4.21. The van der Waals surface area contributed by atoms with Crippen molar-refractivity contribution in [3.05, 3.63) is 23.8 Å². The van der Waals surface area contributed by atoms with Crippen LogP contribution in [0, 0.1) is 0 Å². The first-order valence-corrected chi connectivity index (χ1v) is 11.4. The number of alkyl halides is 3. The number of nitrogens with zero attached hydrogens (tertiary/aromatic N) is 6. The van der Waals surface area contributed by atoms with Crippen LogP contribution in [0.3, 0.4) is 0 Å². The van der Waals surface area contributed by atoms with Crippen LogP contribution >= 0.6 is 0 Å². The summed E-state index contributed by atoms with van der Waals surface area (Å²) in [7, 11) is -2.40. The average molecular weight is 418 g/mol. The largest absolute Gasteiger partial charge is 0.513 e. The van der Waals surface area contributed by atoms with Crippen molar-refractivity contribution in [3.8, 4) is 5.95 Å². The second-order valence-corrected chi connectivity index (χ2v) is 11.2. The minimum Gasteiger partial charge on any atom is -0.513 e. The second-order valence-electron chi connectivity index (χ2n) is 6.76. The molecule has 1 atom stereocenters. The molecule has 14 heteroatoms. The number of aliphatic carboxylic acids is 1. The minimum absolute atomic E-state index is 0.361. The summed E-state index contributed by atoms with van der Waals surface area (Å²) in [5.41, 5.74) is 1.45. The fourth-order valence-electron chi connectivity index (χ4n) is 2.30. The quantitative estimate of drug-likeness (QED) is 0.736. The monoisotopic (exact) mass is 418 g/mol. The molecule has 3 rings (SSSR count). The summed E-state index contributed by atoms with van der Waals surface area (Å²) in [6, 6.07) is 0. The maximum atomic E-state index is 11.5. The predicted molar refractivity (Wildman–Crippen MR) is 88.9 cm³/mol. The molecule has 0 spiro atoms. The molecular formula is C14H17F3N6O4Si. The van der Waals surface area contributed by atoms with Gasteiger partial charge in [-0.1, -0.05) is 0 Å². The lowest BCUT2D eigenvalue weighted by Gasteiger charge is -2.17. The first-order chi connectivity index (χ1) is 12.9. The van der Waals surface area contributed by atoms with Gasteiger partial charge in [0.2, 0.25) is 8.32 Å². The summed E-state index contributed by atoms with van der Waals surface area (Å²) < 4.78 is 40.1. The molecule has 1 aliphatic carbocycles. The van der Waals surface area contributed by atoms with Crippen molar-refractivity contribution in [1.29, 1.82) is 0 Å². The Kier molecular flexibility index (Phi) is 6.11. The highest BCUT2D eigenvalue weighted by atomic mass is 28.4. The van der Waals surface area contributed by atoms with E-state index >= 15 is 0 Å². The zero-order chi connectivity index (χ0) is 21.1. The zero-order valence-electron chi connectivity index (χ0n) is 15.1. The molecule has 152 valence electrons. The van der Waals surface area contributed by atoms with Gasteiger partial charge in [-0.15, -0.1) is 5.10 Å². The van der Waals surface area contributed by atoms with E-state index in [2.05, 4.69) is 29.9 Å². The summed E-state index contributed by atoms with van der Waals surface area (Å²) in [5.74, 6) is -3.05. The number of carboxylic acids is 1. The molecule has 0 fully saturated rings. The highest BCUT2D eigenvalue weighted by Crippen LogP contribution is 2.31. The molecule has 0 saturated carbocycles. The van der Waals surface area contributed by atoms with Crippen LogP contribution in [0.5, 0.6) is 0 Å². The van der Waals surface area contributed by atoms with E-state index in [4.69, 9.17) is 5.11 Å². The molecule has 0 amide bonds. The molecule has 1 N–H and O–H groups in total. The van der Waals surface area contributed by atoms with E-state index in [0.29, 0.717) is 24.4 Å². The molecule has 2 aromatic heterocycles. The molecule has 10 nitrogen and oxygen atoms in total. The second kappa shape index (κ2) is 8.00. The smallest absolute Gasteiger partial charge is 0.489 e. The standard InChI is InChI=1S/C9H8N6O2.C5H9F3O2Si/c16-8(17)5-1-2-7-6(5)3-10-9(12-7)15-4-11-13-14-15;1-11(2,3)10-4(9)5(6,7)8/h3-5H,1-2H2,(H,16,17);1-3H3. The molecule has 2 heterocycles. The van der Waals surface area contributed by atoms with Gasteiger partial charge in [0.1, 0.15) is 6.33 Å². The van der Waals surface area contributed by atoms with E-state index in [1.807, 2.05) is 0 Å². The Hall–Kier alpha value is -2.90. The lowest BCUT2D eigenvalue weighted by molar-refractivity contribution is -0.190. The molecule has 0 aliphatic heterocycles. The SMILES string of the molecule is C[Si](C)(C)OC(=O)C(F)(F)F.O=C(O)C1CCc2nc(-n3cnnn3)ncc21. The Morgan fingerprint density at radius 3 is 2.46 bits per heavy atom. The maximum absolute atomic E-state index is 11.5. The fourth-order valence-corrected chi connectivity index (χ4v) is 2.97. The number of fused-ring (bicyclic) bond motifs is 1. The maximum Gasteiger partial charge on any atom is 0.489 e. The van der Waals surface area contributed by atoms with Crippen LogP contribution in [0.4, 0.5) is 13.2 Å². The number of carboxylic acid groups (broad SMARTS) is 1. The van der Waals surface area contributed by atoms with Crippen molar-refractivity contribution in [2.75, 3.05) is 0 Å². The normalized spacial score (nSPS) is 16.0. The van der Waals surface area contributed by atoms with Crippen LogP contribution < -0.4 is 0 Å². The lowest BCUT2D eigenvalue weighted by Crippen LogP contribution is -2.36. The number of halogens is 3. The summed E-state index contributed by atoms with van der Waals surface area (Å²) in [6.07, 6.45) is -0.709. The molecule has 0 bridgehead atoms. The molecule has 28 heavy (non-hydrogen) atoms. The van der Waals surface area contributed by atoms with Gasteiger partial charge < -0.3 is 9.53 Å². The highest BCUT2D eigenvalue weighted by Gasteiger charge is 2.43. The van der Waals surface area contributed by atoms with Crippen LogP contribution in [0.25, 0.3) is 5.95 Å². The number of tetrazole rings is 1. The average Bonchev–Trinajstić information content (AvgIpc) is 3.22. The van der Waals surface area contributed by atoms with Crippen molar-refractivity contribution < 1.29 is 32.3 Å². The molecule has 0 radical (unpaired) electrons. The van der Waals surface area contributed by atoms with E-state index in [1.54, 1.807) is 6.20 Å². The van der Waals surface area contributed by atoms with Crippen LogP contribution in [0.1, 0.15) is 23.6 Å². The molecule has 2 aromatic rings. The third-order valence-electron chi connectivity index (χ3n) is 3.41. The Bertz CT molecular complexity index is 854. The van der Waals surface area contributed by atoms with E-state index < -0.39 is 32.4 Å². The Labute approximate surface area is 157 Å². The van der Waals surface area contributed by atoms with Gasteiger partial charge in [0.15, 0.2) is 0 Å². The van der Waals surface area contributed by atoms with Crippen molar-refractivity contribution in [2.45, 2.75) is 44.6 Å². The molecule has 1 unspecified atom stereocenters. The lowest BCUT2D eigenvalue weighted by atomic mass is 10.1. The predicted octanol–water partition coefficient (Wildman–Crippen LogP) is 1.49. The number of aryl methyl sites for hydroxylation is 1. The van der Waals surface area contributed by atoms with Gasteiger partial charge in [0.05, 0.1) is 11.6 Å². The Morgan fingerprint density at radius 2 is 2.00 bits per heavy atom. The number of rotatable bonds is 3. The van der Waals surface area contributed by atoms with Crippen LogP contribution in [0.2, 0.25) is 19.6 Å². The van der Waals surface area contributed by atoms with E-state index in [-0.39, 0.29) is 0 Å². The first-order valence-electron chi connectivity index (χ1n) is 8.00. The number of carbonyl (C=O) groups is 2. The van der Waals surface area contributed by atoms with Crippen LogP contribution in [0.15, 0.2) is 12.5 Å². The van der Waals surface area contributed by atoms with E-state index in [9.17, 15) is 22.8 Å². The van der Waals surface area contributed by atoms with Gasteiger partial charge in [-0.25, -0.2) is 14.8 Å². The summed E-state index contributed by atoms with van der Waals surface area (Å²) in [6.45, 7) is 4.53. The van der Waals surface area contributed by atoms with Gasteiger partial charge in [-0.2, -0.15) is 17.9 Å². The fraction of sp³-hybridized carbons (Fsp3) is 0.500. The Balaban J connectivity index is 0.000000224. The minimum atomic E-state index is -4.86. The molecule has 1 aliphatic rings.